The number of fused-ring (bicyclic) bond motifs is 1. The van der Waals surface area contributed by atoms with Crippen LogP contribution < -0.4 is 16.3 Å². The highest BCUT2D eigenvalue weighted by atomic mass is 35.5. The molecule has 0 saturated carbocycles. The first-order valence-corrected chi connectivity index (χ1v) is 7.91. The summed E-state index contributed by atoms with van der Waals surface area (Å²) in [6.07, 6.45) is 1.21. The molecule has 0 radical (unpaired) electrons. The lowest BCUT2D eigenvalue weighted by Gasteiger charge is -1.93. The van der Waals surface area contributed by atoms with Crippen molar-refractivity contribution < 1.29 is 22.2 Å². The van der Waals surface area contributed by atoms with E-state index in [-0.39, 0.29) is 9.92 Å². The van der Waals surface area contributed by atoms with Crippen molar-refractivity contribution in [2.75, 3.05) is 5.73 Å². The maximum Gasteiger partial charge on any atom is 0.294 e. The van der Waals surface area contributed by atoms with Gasteiger partial charge in [-0.3, -0.25) is 9.35 Å². The van der Waals surface area contributed by atoms with Gasteiger partial charge in [0.25, 0.3) is 16.0 Å². The summed E-state index contributed by atoms with van der Waals surface area (Å²) in [5, 5.41) is 0.891. The molecule has 1 heterocycles. The highest BCUT2D eigenvalue weighted by molar-refractivity contribution is 7.85. The highest BCUT2D eigenvalue weighted by Gasteiger charge is 2.11. The minimum atomic E-state index is -4.21. The van der Waals surface area contributed by atoms with Crippen LogP contribution in [0.3, 0.4) is 0 Å². The molecule has 1 amide bonds. The zero-order valence-corrected chi connectivity index (χ0v) is 13.0. The van der Waals surface area contributed by atoms with Gasteiger partial charge in [0, 0.05) is 17.0 Å². The number of benzene rings is 2. The minimum absolute atomic E-state index is 0.0648. The van der Waals surface area contributed by atoms with Crippen LogP contribution in [0.4, 0.5) is 10.1 Å². The molecule has 0 bridgehead atoms. The molecule has 6 nitrogen and oxygen atoms in total. The molecule has 120 valence electrons. The molecule has 1 aliphatic heterocycles. The molecule has 0 aromatic heterocycles. The zero-order chi connectivity index (χ0) is 17.2. The Morgan fingerprint density at radius 2 is 1.87 bits per heavy atom. The number of nitrogen functional groups attached to an aromatic ring is 1. The first kappa shape index (κ1) is 17.1. The SMILES string of the molecule is Nc1ccc(F)c(Cl)c1.O=C1C=c2cc(S(=O)(=O)O)ccc2=N1. The van der Waals surface area contributed by atoms with Crippen LogP contribution in [-0.4, -0.2) is 18.9 Å². The van der Waals surface area contributed by atoms with Crippen LogP contribution >= 0.6 is 11.6 Å². The smallest absolute Gasteiger partial charge is 0.294 e. The van der Waals surface area contributed by atoms with Crippen molar-refractivity contribution in [3.63, 3.8) is 0 Å². The third-order valence-corrected chi connectivity index (χ3v) is 3.89. The van der Waals surface area contributed by atoms with Gasteiger partial charge in [-0.25, -0.2) is 9.38 Å². The largest absolute Gasteiger partial charge is 0.399 e. The minimum Gasteiger partial charge on any atom is -0.399 e. The fraction of sp³-hybridized carbons (Fsp3) is 0. The van der Waals surface area contributed by atoms with E-state index < -0.39 is 21.8 Å². The molecular formula is C14H10ClFN2O4S. The summed E-state index contributed by atoms with van der Waals surface area (Å²) >= 11 is 5.36. The summed E-state index contributed by atoms with van der Waals surface area (Å²) in [5.74, 6) is -0.863. The predicted molar refractivity (Wildman–Crippen MR) is 82.3 cm³/mol. The third-order valence-electron chi connectivity index (χ3n) is 2.75. The van der Waals surface area contributed by atoms with Gasteiger partial charge in [0.05, 0.1) is 15.3 Å². The first-order valence-electron chi connectivity index (χ1n) is 6.09. The lowest BCUT2D eigenvalue weighted by Crippen LogP contribution is -2.22. The van der Waals surface area contributed by atoms with E-state index in [0.717, 1.165) is 0 Å². The van der Waals surface area contributed by atoms with E-state index in [9.17, 15) is 17.6 Å². The van der Waals surface area contributed by atoms with E-state index in [2.05, 4.69) is 4.99 Å². The maximum absolute atomic E-state index is 12.3. The van der Waals surface area contributed by atoms with Gasteiger partial charge in [-0.2, -0.15) is 8.42 Å². The van der Waals surface area contributed by atoms with Gasteiger partial charge in [-0.15, -0.1) is 0 Å². The normalized spacial score (nSPS) is 12.6. The number of hydrogen-bond acceptors (Lipinski definition) is 4. The average molecular weight is 357 g/mol. The summed E-state index contributed by atoms with van der Waals surface area (Å²) in [4.78, 5) is 14.2. The van der Waals surface area contributed by atoms with Crippen LogP contribution in [0, 0.1) is 5.82 Å². The number of hydrogen-bond donors (Lipinski definition) is 2. The van der Waals surface area contributed by atoms with Crippen LogP contribution in [-0.2, 0) is 14.9 Å². The Morgan fingerprint density at radius 1 is 1.17 bits per heavy atom. The van der Waals surface area contributed by atoms with Crippen molar-refractivity contribution in [3.05, 3.63) is 57.8 Å². The molecule has 9 heteroatoms. The fourth-order valence-electron chi connectivity index (χ4n) is 1.71. The van der Waals surface area contributed by atoms with Crippen LogP contribution in [0.2, 0.25) is 5.02 Å². The number of rotatable bonds is 1. The number of halogens is 2. The van der Waals surface area contributed by atoms with Crippen LogP contribution in [0.1, 0.15) is 0 Å². The molecule has 0 aliphatic carbocycles. The van der Waals surface area contributed by atoms with Gasteiger partial charge < -0.3 is 5.73 Å². The molecule has 3 N–H and O–H groups in total. The van der Waals surface area contributed by atoms with Crippen molar-refractivity contribution >= 4 is 39.4 Å². The number of nitrogens with zero attached hydrogens (tertiary/aromatic N) is 1. The number of amides is 1. The second kappa shape index (κ2) is 6.45. The van der Waals surface area contributed by atoms with Gasteiger partial charge in [0.1, 0.15) is 5.82 Å². The van der Waals surface area contributed by atoms with Gasteiger partial charge >= 0.3 is 0 Å². The Kier molecular flexibility index (Phi) is 4.79. The Labute approximate surface area is 135 Å². The number of nitrogens with two attached hydrogens (primary N) is 1. The van der Waals surface area contributed by atoms with Crippen LogP contribution in [0.5, 0.6) is 0 Å². The Bertz CT molecular complexity index is 1010. The lowest BCUT2D eigenvalue weighted by atomic mass is 10.3. The molecule has 2 aromatic carbocycles. The molecule has 0 spiro atoms. The lowest BCUT2D eigenvalue weighted by molar-refractivity contribution is -0.112. The standard InChI is InChI=1S/C8H5NO4S.C6H5ClFN/c10-8-4-5-3-6(14(11,12)13)1-2-7(5)9-8;7-5-3-4(9)1-2-6(5)8/h1-4H,(H,11,12,13);1-3H,9H2. The van der Waals surface area contributed by atoms with E-state index in [1.807, 2.05) is 0 Å². The predicted octanol–water partition coefficient (Wildman–Crippen LogP) is 0.935. The number of anilines is 1. The Morgan fingerprint density at radius 3 is 2.43 bits per heavy atom. The summed E-state index contributed by atoms with van der Waals surface area (Å²) in [6, 6.07) is 7.85. The molecular weight excluding hydrogens is 347 g/mol. The number of carbonyl (C=O) groups is 1. The monoisotopic (exact) mass is 356 g/mol. The number of carbonyl (C=O) groups excluding carboxylic acids is 1. The molecule has 2 aromatic rings. The quantitative estimate of drug-likeness (QED) is 0.583. The summed E-state index contributed by atoms with van der Waals surface area (Å²) < 4.78 is 42.5. The second-order valence-electron chi connectivity index (χ2n) is 4.46. The molecule has 0 saturated heterocycles. The van der Waals surface area contributed by atoms with Gasteiger partial charge in [-0.1, -0.05) is 11.6 Å². The first-order chi connectivity index (χ1) is 10.7. The van der Waals surface area contributed by atoms with E-state index in [0.29, 0.717) is 16.3 Å². The Balaban J connectivity index is 0.000000185. The van der Waals surface area contributed by atoms with Gasteiger partial charge in [0.15, 0.2) is 0 Å². The van der Waals surface area contributed by atoms with Crippen molar-refractivity contribution in [2.24, 2.45) is 4.99 Å². The zero-order valence-electron chi connectivity index (χ0n) is 11.4. The molecule has 23 heavy (non-hydrogen) atoms. The van der Waals surface area contributed by atoms with E-state index in [4.69, 9.17) is 21.9 Å². The van der Waals surface area contributed by atoms with Crippen molar-refractivity contribution in [3.8, 4) is 0 Å². The molecule has 0 atom stereocenters. The van der Waals surface area contributed by atoms with Crippen molar-refractivity contribution in [1.82, 2.24) is 0 Å². The highest BCUT2D eigenvalue weighted by Crippen LogP contribution is 2.16. The van der Waals surface area contributed by atoms with Crippen molar-refractivity contribution in [1.29, 1.82) is 0 Å². The molecule has 0 fully saturated rings. The van der Waals surface area contributed by atoms with E-state index >= 15 is 0 Å². The summed E-state index contributed by atoms with van der Waals surface area (Å²) in [6.45, 7) is 0. The van der Waals surface area contributed by atoms with E-state index in [1.54, 1.807) is 0 Å². The maximum atomic E-state index is 12.3. The third kappa shape index (κ3) is 4.35. The summed E-state index contributed by atoms with van der Waals surface area (Å²) in [7, 11) is -4.21. The van der Waals surface area contributed by atoms with E-state index in [1.165, 1.54) is 42.5 Å². The topological polar surface area (TPSA) is 110 Å². The summed E-state index contributed by atoms with van der Waals surface area (Å²) in [5.41, 5.74) is 5.75. The van der Waals surface area contributed by atoms with Gasteiger partial charge in [-0.05, 0) is 36.4 Å². The average Bonchev–Trinajstić information content (AvgIpc) is 2.82. The molecule has 1 aliphatic rings. The molecule has 0 unspecified atom stereocenters. The van der Waals surface area contributed by atoms with Crippen molar-refractivity contribution in [2.45, 2.75) is 4.90 Å². The Hall–Kier alpha value is -2.29. The van der Waals surface area contributed by atoms with Crippen LogP contribution in [0.15, 0.2) is 46.3 Å². The van der Waals surface area contributed by atoms with Crippen LogP contribution in [0.25, 0.3) is 6.08 Å². The molecule has 3 rings (SSSR count). The second-order valence-corrected chi connectivity index (χ2v) is 6.29. The van der Waals surface area contributed by atoms with Gasteiger partial charge in [0.2, 0.25) is 0 Å². The fourth-order valence-corrected chi connectivity index (χ4v) is 2.41.